The highest BCUT2D eigenvalue weighted by molar-refractivity contribution is 7.00. The fraction of sp³-hybridized carbons (Fsp3) is 0.368. The largest absolute Gasteiger partial charge is 0.334 e. The minimum absolute atomic E-state index is 0.00238. The van der Waals surface area contributed by atoms with E-state index >= 15 is 0 Å². The van der Waals surface area contributed by atoms with Crippen molar-refractivity contribution in [3.63, 3.8) is 0 Å². The molecule has 2 unspecified atom stereocenters. The van der Waals surface area contributed by atoms with Crippen LogP contribution in [0.4, 0.5) is 45.5 Å². The zero-order valence-corrected chi connectivity index (χ0v) is 51.5. The van der Waals surface area contributed by atoms with Crippen LogP contribution in [0.2, 0.25) is 0 Å². The first kappa shape index (κ1) is 53.8. The van der Waals surface area contributed by atoms with Crippen LogP contribution in [-0.2, 0) is 27.1 Å². The topological polar surface area (TPSA) is 9.72 Å². The Morgan fingerprint density at radius 2 is 0.850 bits per heavy atom. The predicted molar refractivity (Wildman–Crippen MR) is 347 cm³/mol. The maximum atomic E-state index is 2.83. The molecule has 1 fully saturated rings. The van der Waals surface area contributed by atoms with E-state index < -0.39 is 0 Å². The molecule has 3 heterocycles. The smallest absolute Gasteiger partial charge is 0.252 e. The van der Waals surface area contributed by atoms with Crippen molar-refractivity contribution in [1.82, 2.24) is 0 Å². The highest BCUT2D eigenvalue weighted by Crippen LogP contribution is 2.71. The van der Waals surface area contributed by atoms with Gasteiger partial charge in [0.05, 0.1) is 11.2 Å². The standard InChI is InChI=1S/C76H86BN3/c1-69(2,3)52-30-34-56(35-31-52)78-65-48-57(80-63-40-33-54(71(7,8)9)45-59(63)75(17)73(13,14)41-42-74(15,16)76(75,80)18)36-38-61(65)77-60-37-29-51(49-25-21-19-22-26-49)43-64(60)79(67-47-55(72(10,11)12)46-66(78)68(67)77)62-39-32-53(70(4,5)6)44-58(62)50-27-23-20-24-28-50/h19-40,43-48H,41-42H2,1-18H3. The number of fused-ring (bicyclic) bond motifs is 7. The van der Waals surface area contributed by atoms with Gasteiger partial charge in [0.15, 0.2) is 0 Å². The number of benzene rings is 8. The average molecular weight is 1050 g/mol. The molecule has 3 aliphatic heterocycles. The van der Waals surface area contributed by atoms with Gasteiger partial charge in [0.2, 0.25) is 0 Å². The van der Waals surface area contributed by atoms with Crippen molar-refractivity contribution in [2.45, 2.75) is 170 Å². The highest BCUT2D eigenvalue weighted by Gasteiger charge is 2.70. The molecule has 0 bridgehead atoms. The Bertz CT molecular complexity index is 3740. The van der Waals surface area contributed by atoms with Crippen LogP contribution in [0.25, 0.3) is 22.3 Å². The molecule has 0 radical (unpaired) electrons. The van der Waals surface area contributed by atoms with Gasteiger partial charge in [-0.15, -0.1) is 0 Å². The summed E-state index contributed by atoms with van der Waals surface area (Å²) in [5.41, 5.74) is 25.0. The third-order valence-electron chi connectivity index (χ3n) is 20.6. The quantitative estimate of drug-likeness (QED) is 0.159. The summed E-state index contributed by atoms with van der Waals surface area (Å²) in [5, 5.41) is 0. The molecule has 0 aromatic heterocycles. The van der Waals surface area contributed by atoms with Crippen LogP contribution in [0.1, 0.15) is 165 Å². The van der Waals surface area contributed by atoms with Crippen molar-refractivity contribution in [3.05, 3.63) is 198 Å². The van der Waals surface area contributed by atoms with Gasteiger partial charge in [-0.05, 0) is 174 Å². The first-order chi connectivity index (χ1) is 37.5. The molecule has 3 nitrogen and oxygen atoms in total. The van der Waals surface area contributed by atoms with Crippen LogP contribution >= 0.6 is 0 Å². The first-order valence-corrected chi connectivity index (χ1v) is 29.8. The second kappa shape index (κ2) is 17.9. The van der Waals surface area contributed by atoms with Gasteiger partial charge in [0, 0.05) is 50.8 Å². The first-order valence-electron chi connectivity index (χ1n) is 29.8. The molecule has 8 aromatic rings. The van der Waals surface area contributed by atoms with Gasteiger partial charge in [-0.3, -0.25) is 0 Å². The van der Waals surface area contributed by atoms with Crippen molar-refractivity contribution in [2.24, 2.45) is 10.8 Å². The maximum Gasteiger partial charge on any atom is 0.252 e. The van der Waals surface area contributed by atoms with E-state index in [0.29, 0.717) is 0 Å². The number of nitrogens with zero attached hydrogens (tertiary/aromatic N) is 3. The Morgan fingerprint density at radius 3 is 1.44 bits per heavy atom. The van der Waals surface area contributed by atoms with E-state index in [1.54, 1.807) is 0 Å². The molecule has 0 N–H and O–H groups in total. The Balaban J connectivity index is 1.19. The van der Waals surface area contributed by atoms with Gasteiger partial charge in [0.1, 0.15) is 0 Å². The minimum Gasteiger partial charge on any atom is -0.334 e. The fourth-order valence-corrected chi connectivity index (χ4v) is 14.9. The molecular formula is C76H86BN3. The van der Waals surface area contributed by atoms with Crippen LogP contribution in [0.15, 0.2) is 170 Å². The fourth-order valence-electron chi connectivity index (χ4n) is 14.9. The van der Waals surface area contributed by atoms with Crippen LogP contribution in [-0.4, -0.2) is 12.3 Å². The van der Waals surface area contributed by atoms with Crippen molar-refractivity contribution in [3.8, 4) is 22.3 Å². The van der Waals surface area contributed by atoms with Crippen LogP contribution < -0.4 is 31.1 Å². The van der Waals surface area contributed by atoms with Crippen LogP contribution in [0.5, 0.6) is 0 Å². The monoisotopic (exact) mass is 1050 g/mol. The molecule has 2 atom stereocenters. The minimum atomic E-state index is -0.266. The summed E-state index contributed by atoms with van der Waals surface area (Å²) < 4.78 is 0. The Morgan fingerprint density at radius 1 is 0.362 bits per heavy atom. The molecule has 0 amide bonds. The number of rotatable bonds is 5. The lowest BCUT2D eigenvalue weighted by atomic mass is 9.33. The lowest BCUT2D eigenvalue weighted by Gasteiger charge is -2.65. The van der Waals surface area contributed by atoms with E-state index in [4.69, 9.17) is 0 Å². The molecule has 1 saturated carbocycles. The lowest BCUT2D eigenvalue weighted by molar-refractivity contribution is -0.0415. The normalized spacial score (nSPS) is 20.0. The maximum absolute atomic E-state index is 2.83. The zero-order valence-electron chi connectivity index (χ0n) is 51.5. The highest BCUT2D eigenvalue weighted by atomic mass is 15.3. The third kappa shape index (κ3) is 8.02. The Hall–Kier alpha value is -6.78. The zero-order chi connectivity index (χ0) is 57.1. The summed E-state index contributed by atoms with van der Waals surface area (Å²) in [6, 6.07) is 66.6. The Labute approximate surface area is 481 Å². The molecule has 4 heteroatoms. The molecular weight excluding hydrogens is 966 g/mol. The molecule has 1 aliphatic carbocycles. The molecule has 12 rings (SSSR count). The molecule has 0 saturated heterocycles. The van der Waals surface area contributed by atoms with Crippen molar-refractivity contribution in [2.75, 3.05) is 14.7 Å². The van der Waals surface area contributed by atoms with Crippen molar-refractivity contribution in [1.29, 1.82) is 0 Å². The summed E-state index contributed by atoms with van der Waals surface area (Å²) >= 11 is 0. The summed E-state index contributed by atoms with van der Waals surface area (Å²) in [7, 11) is 0. The second-order valence-electron chi connectivity index (χ2n) is 30.1. The summed E-state index contributed by atoms with van der Waals surface area (Å²) in [6.45, 7) is 43.7. The molecule has 408 valence electrons. The van der Waals surface area contributed by atoms with Crippen molar-refractivity contribution < 1.29 is 0 Å². The summed E-state index contributed by atoms with van der Waals surface area (Å²) in [5.74, 6) is 0. The van der Waals surface area contributed by atoms with E-state index in [1.807, 2.05) is 0 Å². The SMILES string of the molecule is CC(C)(C)c1ccc(N2c3cc(N4c5ccc(C(C)(C)C)cc5C5(C)C(C)(C)CCC(C)(C)C45C)ccc3B3c4ccc(-c5ccccc5)cc4N(c4ccc(C(C)(C)C)cc4-c4ccccc4)c4cc(C(C)(C)C)cc2c43)cc1. The van der Waals surface area contributed by atoms with E-state index in [9.17, 15) is 0 Å². The van der Waals surface area contributed by atoms with Gasteiger partial charge in [-0.1, -0.05) is 227 Å². The van der Waals surface area contributed by atoms with Crippen LogP contribution in [0, 0.1) is 10.8 Å². The van der Waals surface area contributed by atoms with E-state index in [0.717, 1.165) is 6.42 Å². The molecule has 8 aromatic carbocycles. The third-order valence-corrected chi connectivity index (χ3v) is 20.6. The van der Waals surface area contributed by atoms with Gasteiger partial charge >= 0.3 is 0 Å². The van der Waals surface area contributed by atoms with E-state index in [2.05, 4.69) is 309 Å². The Kier molecular flexibility index (Phi) is 12.0. The summed E-state index contributed by atoms with van der Waals surface area (Å²) in [4.78, 5) is 8.15. The number of hydrogen-bond donors (Lipinski definition) is 0. The van der Waals surface area contributed by atoms with E-state index in [-0.39, 0.29) is 50.2 Å². The summed E-state index contributed by atoms with van der Waals surface area (Å²) in [6.07, 6.45) is 2.32. The number of hydrogen-bond acceptors (Lipinski definition) is 3. The van der Waals surface area contributed by atoms with Crippen LogP contribution in [0.3, 0.4) is 0 Å². The van der Waals surface area contributed by atoms with Gasteiger partial charge in [-0.25, -0.2) is 0 Å². The lowest BCUT2D eigenvalue weighted by Crippen LogP contribution is -2.69. The predicted octanol–water partition coefficient (Wildman–Crippen LogP) is 19.3. The van der Waals surface area contributed by atoms with Gasteiger partial charge in [0.25, 0.3) is 6.71 Å². The second-order valence-corrected chi connectivity index (χ2v) is 30.1. The van der Waals surface area contributed by atoms with Gasteiger partial charge in [-0.2, -0.15) is 0 Å². The van der Waals surface area contributed by atoms with Crippen molar-refractivity contribution >= 4 is 68.6 Å². The molecule has 4 aliphatic rings. The van der Waals surface area contributed by atoms with Gasteiger partial charge < -0.3 is 14.7 Å². The molecule has 80 heavy (non-hydrogen) atoms. The van der Waals surface area contributed by atoms with E-state index in [1.165, 1.54) is 118 Å². The number of anilines is 8. The molecule has 0 spiro atoms. The average Bonchev–Trinajstić information content (AvgIpc) is 3.90.